The molecule has 148 valence electrons. The Morgan fingerprint density at radius 1 is 0.867 bits per heavy atom. The molecule has 30 heavy (non-hydrogen) atoms. The highest BCUT2D eigenvalue weighted by Crippen LogP contribution is 2.38. The van der Waals surface area contributed by atoms with Crippen LogP contribution in [0.4, 0.5) is 8.78 Å². The normalized spacial score (nSPS) is 11.3. The second-order valence-corrected chi connectivity index (χ2v) is 7.09. The highest BCUT2D eigenvalue weighted by molar-refractivity contribution is 5.98. The van der Waals surface area contributed by atoms with Gasteiger partial charge in [-0.1, -0.05) is 12.1 Å². The molecule has 2 aliphatic heterocycles. The molecule has 4 nitrogen and oxygen atoms in total. The number of hydrogen-bond donors (Lipinski definition) is 0. The Balaban J connectivity index is 1.74. The van der Waals surface area contributed by atoms with Crippen molar-refractivity contribution in [2.24, 2.45) is 0 Å². The van der Waals surface area contributed by atoms with Crippen LogP contribution in [0.15, 0.2) is 72.9 Å². The molecule has 0 bridgehead atoms. The SMILES string of the molecule is COc1ccc2c(c1)c1nnc(-c3ccc(F)cc3)c-1cn2Cc1cccc(F)c1. The summed E-state index contributed by atoms with van der Waals surface area (Å²) < 4.78 is 34.6. The molecule has 3 aromatic rings. The molecule has 0 radical (unpaired) electrons. The number of nitrogens with zero attached hydrogens (tertiary/aromatic N) is 3. The van der Waals surface area contributed by atoms with Crippen LogP contribution < -0.4 is 4.74 Å². The first-order chi connectivity index (χ1) is 14.6. The van der Waals surface area contributed by atoms with E-state index in [9.17, 15) is 8.78 Å². The minimum atomic E-state index is -0.307. The third-order valence-electron chi connectivity index (χ3n) is 5.17. The molecule has 2 heterocycles. The van der Waals surface area contributed by atoms with Gasteiger partial charge in [0.05, 0.1) is 12.6 Å². The number of ether oxygens (including phenoxy) is 1. The number of hydrogen-bond acceptors (Lipinski definition) is 3. The van der Waals surface area contributed by atoms with Gasteiger partial charge >= 0.3 is 0 Å². The summed E-state index contributed by atoms with van der Waals surface area (Å²) in [6.45, 7) is 0.477. The molecule has 0 unspecified atom stereocenters. The third-order valence-corrected chi connectivity index (χ3v) is 5.17. The summed E-state index contributed by atoms with van der Waals surface area (Å²) in [6, 6.07) is 18.5. The van der Waals surface area contributed by atoms with Crippen molar-refractivity contribution in [3.8, 4) is 28.3 Å². The van der Waals surface area contributed by atoms with Crippen LogP contribution >= 0.6 is 0 Å². The first kappa shape index (κ1) is 18.2. The highest BCUT2D eigenvalue weighted by Gasteiger charge is 2.21. The zero-order chi connectivity index (χ0) is 20.7. The summed E-state index contributed by atoms with van der Waals surface area (Å²) in [5, 5.41) is 9.67. The topological polar surface area (TPSA) is 39.9 Å². The minimum absolute atomic E-state index is 0.274. The van der Waals surface area contributed by atoms with Gasteiger partial charge in [-0.05, 0) is 60.2 Å². The average molecular weight is 401 g/mol. The van der Waals surface area contributed by atoms with Gasteiger partial charge < -0.3 is 9.30 Å². The lowest BCUT2D eigenvalue weighted by Gasteiger charge is -2.16. The van der Waals surface area contributed by atoms with Gasteiger partial charge in [0.1, 0.15) is 28.8 Å². The monoisotopic (exact) mass is 401 g/mol. The van der Waals surface area contributed by atoms with Gasteiger partial charge in [-0.3, -0.25) is 0 Å². The quantitative estimate of drug-likeness (QED) is 0.397. The molecule has 0 saturated heterocycles. The maximum Gasteiger partial charge on any atom is 0.123 e. The van der Waals surface area contributed by atoms with E-state index in [1.807, 2.05) is 35.0 Å². The van der Waals surface area contributed by atoms with Crippen molar-refractivity contribution in [2.45, 2.75) is 6.54 Å². The van der Waals surface area contributed by atoms with E-state index in [-0.39, 0.29) is 11.6 Å². The molecule has 0 N–H and O–H groups in total. The van der Waals surface area contributed by atoms with E-state index < -0.39 is 0 Å². The third kappa shape index (κ3) is 3.16. The van der Waals surface area contributed by atoms with Gasteiger partial charge in [-0.25, -0.2) is 8.78 Å². The van der Waals surface area contributed by atoms with Crippen LogP contribution in [0.1, 0.15) is 5.56 Å². The highest BCUT2D eigenvalue weighted by atomic mass is 19.1. The van der Waals surface area contributed by atoms with E-state index in [2.05, 4.69) is 10.2 Å². The predicted molar refractivity (Wildman–Crippen MR) is 112 cm³/mol. The number of aromatic nitrogens is 3. The zero-order valence-corrected chi connectivity index (χ0v) is 16.1. The second kappa shape index (κ2) is 7.22. The van der Waals surface area contributed by atoms with Crippen molar-refractivity contribution in [1.29, 1.82) is 0 Å². The van der Waals surface area contributed by atoms with Gasteiger partial charge in [0.2, 0.25) is 0 Å². The molecular formula is C24H17F2N3O. The summed E-state index contributed by atoms with van der Waals surface area (Å²) in [6.07, 6.45) is 1.97. The van der Waals surface area contributed by atoms with Crippen LogP contribution in [0.5, 0.6) is 5.75 Å². The van der Waals surface area contributed by atoms with E-state index in [0.29, 0.717) is 18.0 Å². The van der Waals surface area contributed by atoms with Crippen LogP contribution in [-0.2, 0) is 6.54 Å². The van der Waals surface area contributed by atoms with Gasteiger partial charge in [0.25, 0.3) is 0 Å². The molecule has 0 aliphatic carbocycles. The fourth-order valence-electron chi connectivity index (χ4n) is 3.73. The van der Waals surface area contributed by atoms with Crippen LogP contribution in [0, 0.1) is 11.6 Å². The molecule has 3 aromatic carbocycles. The van der Waals surface area contributed by atoms with Crippen LogP contribution in [0.25, 0.3) is 33.4 Å². The molecule has 2 aliphatic rings. The molecule has 0 spiro atoms. The number of rotatable bonds is 4. The summed E-state index contributed by atoms with van der Waals surface area (Å²) in [5.41, 5.74) is 4.78. The number of methoxy groups -OCH3 is 1. The maximum absolute atomic E-state index is 13.7. The molecule has 0 saturated carbocycles. The molecule has 6 heteroatoms. The first-order valence-electron chi connectivity index (χ1n) is 9.46. The standard InChI is InChI=1S/C24H17F2N3O/c1-30-19-9-10-22-20(12-19)24-21(14-29(22)13-15-3-2-4-18(26)11-15)23(27-28-24)16-5-7-17(25)8-6-16/h2-12,14H,13H2,1H3. The number of halogens is 2. The molecular weight excluding hydrogens is 384 g/mol. The van der Waals surface area contributed by atoms with Crippen molar-refractivity contribution >= 4 is 10.9 Å². The Kier molecular flexibility index (Phi) is 4.39. The van der Waals surface area contributed by atoms with Gasteiger partial charge in [0.15, 0.2) is 0 Å². The molecule has 0 amide bonds. The Morgan fingerprint density at radius 2 is 1.67 bits per heavy atom. The van der Waals surface area contributed by atoms with Crippen LogP contribution in [0.2, 0.25) is 0 Å². The molecule has 0 fully saturated rings. The smallest absolute Gasteiger partial charge is 0.123 e. The van der Waals surface area contributed by atoms with E-state index in [4.69, 9.17) is 4.74 Å². The second-order valence-electron chi connectivity index (χ2n) is 7.09. The maximum atomic E-state index is 13.7. The fourth-order valence-corrected chi connectivity index (χ4v) is 3.73. The first-order valence-corrected chi connectivity index (χ1v) is 9.46. The fraction of sp³-hybridized carbons (Fsp3) is 0.0833. The van der Waals surface area contributed by atoms with Gasteiger partial charge in [0, 0.05) is 29.3 Å². The van der Waals surface area contributed by atoms with E-state index in [0.717, 1.165) is 33.3 Å². The van der Waals surface area contributed by atoms with Gasteiger partial charge in [-0.2, -0.15) is 0 Å². The van der Waals surface area contributed by atoms with Crippen LogP contribution in [-0.4, -0.2) is 21.9 Å². The Labute approximate surface area is 171 Å². The largest absolute Gasteiger partial charge is 0.497 e. The molecule has 0 atom stereocenters. The predicted octanol–water partition coefficient (Wildman–Crippen LogP) is 5.54. The van der Waals surface area contributed by atoms with Gasteiger partial charge in [-0.15, -0.1) is 10.2 Å². The summed E-state index contributed by atoms with van der Waals surface area (Å²) in [7, 11) is 1.61. The molecule has 5 rings (SSSR count). The van der Waals surface area contributed by atoms with Crippen molar-refractivity contribution in [3.63, 3.8) is 0 Å². The van der Waals surface area contributed by atoms with Crippen molar-refractivity contribution in [2.75, 3.05) is 7.11 Å². The lowest BCUT2D eigenvalue weighted by Crippen LogP contribution is -2.04. The number of pyridine rings is 1. The Morgan fingerprint density at radius 3 is 2.43 bits per heavy atom. The summed E-state index contributed by atoms with van der Waals surface area (Å²) in [5.74, 6) is 0.126. The lowest BCUT2D eigenvalue weighted by atomic mass is 10.0. The van der Waals surface area contributed by atoms with Crippen LogP contribution in [0.3, 0.4) is 0 Å². The van der Waals surface area contributed by atoms with Crippen molar-refractivity contribution < 1.29 is 13.5 Å². The molecule has 0 aromatic heterocycles. The van der Waals surface area contributed by atoms with E-state index in [1.165, 1.54) is 24.3 Å². The lowest BCUT2D eigenvalue weighted by molar-refractivity contribution is 0.415. The number of fused-ring (bicyclic) bond motifs is 3. The zero-order valence-electron chi connectivity index (χ0n) is 16.1. The number of benzene rings is 3. The van der Waals surface area contributed by atoms with E-state index in [1.54, 1.807) is 25.3 Å². The summed E-state index contributed by atoms with van der Waals surface area (Å²) >= 11 is 0. The minimum Gasteiger partial charge on any atom is -0.497 e. The Bertz CT molecular complexity index is 1330. The van der Waals surface area contributed by atoms with E-state index >= 15 is 0 Å². The average Bonchev–Trinajstić information content (AvgIpc) is 3.18. The summed E-state index contributed by atoms with van der Waals surface area (Å²) in [4.78, 5) is 0. The Hall–Kier alpha value is -3.80. The van der Waals surface area contributed by atoms with Crippen molar-refractivity contribution in [1.82, 2.24) is 14.8 Å². The van der Waals surface area contributed by atoms with Crippen molar-refractivity contribution in [3.05, 3.63) is 90.1 Å².